The fourth-order valence-electron chi connectivity index (χ4n) is 3.63. The summed E-state index contributed by atoms with van der Waals surface area (Å²) in [6.45, 7) is 5.74. The first-order valence-corrected chi connectivity index (χ1v) is 8.45. The van der Waals surface area contributed by atoms with Crippen LogP contribution in [0.25, 0.3) is 10.9 Å². The van der Waals surface area contributed by atoms with Gasteiger partial charge in [-0.1, -0.05) is 0 Å². The molecule has 1 fully saturated rings. The molecule has 0 radical (unpaired) electrons. The summed E-state index contributed by atoms with van der Waals surface area (Å²) in [5.74, 6) is -0.574. The summed E-state index contributed by atoms with van der Waals surface area (Å²) in [5, 5.41) is 11.6. The topological polar surface area (TPSA) is 75.0 Å². The number of rotatable bonds is 2. The van der Waals surface area contributed by atoms with Gasteiger partial charge >= 0.3 is 5.97 Å². The molecule has 1 N–H and O–H groups in total. The average molecular weight is 343 g/mol. The second kappa shape index (κ2) is 5.15. The van der Waals surface area contributed by atoms with E-state index in [-0.39, 0.29) is 5.56 Å². The van der Waals surface area contributed by atoms with Crippen molar-refractivity contribution in [1.29, 1.82) is 0 Å². The van der Waals surface area contributed by atoms with Crippen molar-refractivity contribution in [2.45, 2.75) is 32.4 Å². The molecule has 2 aromatic rings. The first-order valence-electron chi connectivity index (χ1n) is 8.45. The van der Waals surface area contributed by atoms with Crippen LogP contribution in [-0.4, -0.2) is 41.6 Å². The van der Waals surface area contributed by atoms with E-state index in [1.165, 1.54) is 6.20 Å². The smallest absolute Gasteiger partial charge is 0.341 e. The van der Waals surface area contributed by atoms with Crippen molar-refractivity contribution in [3.63, 3.8) is 0 Å². The molecule has 0 atom stereocenters. The second-order valence-electron chi connectivity index (χ2n) is 7.10. The van der Waals surface area contributed by atoms with E-state index in [1.807, 2.05) is 32.0 Å². The zero-order valence-corrected chi connectivity index (χ0v) is 14.6. The Morgan fingerprint density at radius 1 is 1.24 bits per heavy atom. The lowest BCUT2D eigenvalue weighted by Crippen LogP contribution is -2.55. The minimum atomic E-state index is -1.22. The minimum absolute atomic E-state index is 0.239. The first kappa shape index (κ1) is 15.8. The number of hydrogen-bond acceptors (Lipinski definition) is 5. The molecular formula is C18H21N3O4. The number of carboxylic acids is 1. The van der Waals surface area contributed by atoms with Crippen LogP contribution < -0.4 is 20.1 Å². The number of nitrogens with zero attached hydrogens (tertiary/aromatic N) is 3. The van der Waals surface area contributed by atoms with Gasteiger partial charge in [-0.05, 0) is 38.8 Å². The van der Waals surface area contributed by atoms with Crippen LogP contribution >= 0.6 is 0 Å². The molecule has 1 saturated heterocycles. The lowest BCUT2D eigenvalue weighted by molar-refractivity contribution is 0.0682. The summed E-state index contributed by atoms with van der Waals surface area (Å²) in [4.78, 5) is 26.4. The number of ether oxygens (including phenoxy) is 1. The largest absolute Gasteiger partial charge is 0.477 e. The molecule has 7 nitrogen and oxygen atoms in total. The lowest BCUT2D eigenvalue weighted by atomic mass is 10.1. The maximum atomic E-state index is 12.6. The van der Waals surface area contributed by atoms with Crippen molar-refractivity contribution in [2.24, 2.45) is 0 Å². The quantitative estimate of drug-likeness (QED) is 0.899. The molecule has 2 aliphatic heterocycles. The van der Waals surface area contributed by atoms with E-state index in [4.69, 9.17) is 4.74 Å². The number of carbonyl (C=O) groups is 1. The second-order valence-corrected chi connectivity index (χ2v) is 7.10. The molecule has 1 aromatic carbocycles. The molecule has 1 aromatic heterocycles. The first-order chi connectivity index (χ1) is 11.8. The standard InChI is InChI=1S/C18H21N3O4/c1-18(2)19(3)21-10-12(17(23)24)15(22)11-6-7-13(16(25-18)14(11)21)20-8-4-5-9-20/h6-7,10H,4-5,8-9H2,1-3H3,(H,23,24). The number of aromatic nitrogens is 1. The van der Waals surface area contributed by atoms with E-state index < -0.39 is 17.1 Å². The molecule has 0 spiro atoms. The Balaban J connectivity index is 2.09. The monoisotopic (exact) mass is 343 g/mol. The number of benzene rings is 1. The minimum Gasteiger partial charge on any atom is -0.477 e. The van der Waals surface area contributed by atoms with Gasteiger partial charge in [0.05, 0.1) is 11.1 Å². The van der Waals surface area contributed by atoms with Crippen LogP contribution in [0.15, 0.2) is 23.1 Å². The lowest BCUT2D eigenvalue weighted by Gasteiger charge is -2.44. The van der Waals surface area contributed by atoms with Gasteiger partial charge in [0.2, 0.25) is 5.43 Å². The molecule has 132 valence electrons. The van der Waals surface area contributed by atoms with Gasteiger partial charge in [0, 0.05) is 26.3 Å². The van der Waals surface area contributed by atoms with Gasteiger partial charge < -0.3 is 14.7 Å². The van der Waals surface area contributed by atoms with Crippen LogP contribution in [-0.2, 0) is 0 Å². The van der Waals surface area contributed by atoms with E-state index in [0.717, 1.165) is 31.6 Å². The number of carboxylic acid groups (broad SMARTS) is 1. The summed E-state index contributed by atoms with van der Waals surface area (Å²) in [5.41, 5.74) is 0.186. The summed E-state index contributed by atoms with van der Waals surface area (Å²) < 4.78 is 8.01. The number of anilines is 1. The summed E-state index contributed by atoms with van der Waals surface area (Å²) in [6.07, 6.45) is 3.66. The highest BCUT2D eigenvalue weighted by Gasteiger charge is 2.36. The molecule has 0 unspecified atom stereocenters. The Labute approximate surface area is 145 Å². The van der Waals surface area contributed by atoms with Crippen molar-refractivity contribution in [3.8, 4) is 5.75 Å². The molecular weight excluding hydrogens is 322 g/mol. The van der Waals surface area contributed by atoms with Gasteiger partial charge in [0.15, 0.2) is 11.5 Å². The van der Waals surface area contributed by atoms with Crippen molar-refractivity contribution in [2.75, 3.05) is 30.0 Å². The van der Waals surface area contributed by atoms with Crippen molar-refractivity contribution in [1.82, 2.24) is 4.68 Å². The molecule has 25 heavy (non-hydrogen) atoms. The molecule has 3 heterocycles. The Morgan fingerprint density at radius 3 is 2.56 bits per heavy atom. The fraction of sp³-hybridized carbons (Fsp3) is 0.444. The average Bonchev–Trinajstić information content (AvgIpc) is 3.07. The van der Waals surface area contributed by atoms with Gasteiger partial charge in [-0.25, -0.2) is 4.79 Å². The van der Waals surface area contributed by atoms with E-state index >= 15 is 0 Å². The van der Waals surface area contributed by atoms with E-state index in [2.05, 4.69) is 4.90 Å². The van der Waals surface area contributed by atoms with Crippen LogP contribution in [0, 0.1) is 0 Å². The fourth-order valence-corrected chi connectivity index (χ4v) is 3.63. The van der Waals surface area contributed by atoms with Gasteiger partial charge in [-0.3, -0.25) is 14.5 Å². The Kier molecular flexibility index (Phi) is 3.25. The molecule has 0 bridgehead atoms. The summed E-state index contributed by atoms with van der Waals surface area (Å²) >= 11 is 0. The maximum Gasteiger partial charge on any atom is 0.341 e. The van der Waals surface area contributed by atoms with E-state index in [0.29, 0.717) is 16.7 Å². The normalized spacial score (nSPS) is 18.5. The number of aromatic carboxylic acids is 1. The van der Waals surface area contributed by atoms with Crippen LogP contribution in [0.3, 0.4) is 0 Å². The van der Waals surface area contributed by atoms with Crippen LogP contribution in [0.5, 0.6) is 5.75 Å². The molecule has 4 rings (SSSR count). The van der Waals surface area contributed by atoms with Gasteiger partial charge in [0.25, 0.3) is 0 Å². The molecule has 2 aliphatic rings. The highest BCUT2D eigenvalue weighted by Crippen LogP contribution is 2.42. The Morgan fingerprint density at radius 2 is 1.92 bits per heavy atom. The van der Waals surface area contributed by atoms with Crippen molar-refractivity contribution >= 4 is 22.6 Å². The van der Waals surface area contributed by atoms with Gasteiger partial charge in [0.1, 0.15) is 11.1 Å². The van der Waals surface area contributed by atoms with Crippen LogP contribution in [0.2, 0.25) is 0 Å². The predicted molar refractivity (Wildman–Crippen MR) is 95.5 cm³/mol. The van der Waals surface area contributed by atoms with Gasteiger partial charge in [-0.15, -0.1) is 0 Å². The molecule has 7 heteroatoms. The third-order valence-corrected chi connectivity index (χ3v) is 5.21. The maximum absolute atomic E-state index is 12.6. The third kappa shape index (κ3) is 2.18. The number of hydrogen-bond donors (Lipinski definition) is 1. The highest BCUT2D eigenvalue weighted by atomic mass is 16.5. The molecule has 0 saturated carbocycles. The summed E-state index contributed by atoms with van der Waals surface area (Å²) in [7, 11) is 1.82. The highest BCUT2D eigenvalue weighted by molar-refractivity contribution is 5.97. The van der Waals surface area contributed by atoms with E-state index in [9.17, 15) is 14.7 Å². The van der Waals surface area contributed by atoms with Crippen LogP contribution in [0.4, 0.5) is 5.69 Å². The number of pyridine rings is 1. The Bertz CT molecular complexity index is 941. The van der Waals surface area contributed by atoms with Crippen molar-refractivity contribution < 1.29 is 14.6 Å². The van der Waals surface area contributed by atoms with Crippen LogP contribution in [0.1, 0.15) is 37.0 Å². The predicted octanol–water partition coefficient (Wildman–Crippen LogP) is 2.00. The third-order valence-electron chi connectivity index (χ3n) is 5.21. The SMILES string of the molecule is CN1n2cc(C(=O)O)c(=O)c3ccc(N4CCCC4)c(c32)OC1(C)C. The van der Waals surface area contributed by atoms with Gasteiger partial charge in [-0.2, -0.15) is 0 Å². The molecule has 0 amide bonds. The Hall–Kier alpha value is -2.70. The van der Waals surface area contributed by atoms with Crippen molar-refractivity contribution in [3.05, 3.63) is 34.1 Å². The van der Waals surface area contributed by atoms with E-state index in [1.54, 1.807) is 10.7 Å². The zero-order valence-electron chi connectivity index (χ0n) is 14.6. The molecule has 0 aliphatic carbocycles. The zero-order chi connectivity index (χ0) is 17.9. The summed E-state index contributed by atoms with van der Waals surface area (Å²) in [6, 6.07) is 3.59.